The first kappa shape index (κ1) is 14.4. The number of benzene rings is 1. The predicted molar refractivity (Wildman–Crippen MR) is 85.3 cm³/mol. The van der Waals surface area contributed by atoms with E-state index >= 15 is 0 Å². The van der Waals surface area contributed by atoms with E-state index in [1.807, 2.05) is 4.90 Å². The third kappa shape index (κ3) is 3.38. The monoisotopic (exact) mass is 287 g/mol. The highest BCUT2D eigenvalue weighted by atomic mass is 16.2. The van der Waals surface area contributed by atoms with Gasteiger partial charge in [0.1, 0.15) is 0 Å². The van der Waals surface area contributed by atoms with Gasteiger partial charge in [0.05, 0.1) is 6.54 Å². The van der Waals surface area contributed by atoms with Gasteiger partial charge in [-0.15, -0.1) is 0 Å². The van der Waals surface area contributed by atoms with Gasteiger partial charge in [0.2, 0.25) is 5.91 Å². The van der Waals surface area contributed by atoms with Crippen LogP contribution < -0.4 is 10.2 Å². The van der Waals surface area contributed by atoms with E-state index < -0.39 is 0 Å². The standard InChI is InChI=1S/C17H25N3O/c1-13-11-19(2)16-6-4-3-5-15(16)12-20(13)17(21)10-18-9-14-7-8-14/h3-6,13-14,18H,7-12H2,1-2H3. The number of amides is 1. The smallest absolute Gasteiger partial charge is 0.237 e. The molecule has 1 aromatic carbocycles. The van der Waals surface area contributed by atoms with Crippen molar-refractivity contribution in [2.75, 3.05) is 31.6 Å². The second-order valence-electron chi connectivity index (χ2n) is 6.45. The van der Waals surface area contributed by atoms with E-state index in [0.717, 1.165) is 19.0 Å². The number of likely N-dealkylation sites (N-methyl/N-ethyl adjacent to an activating group) is 1. The van der Waals surface area contributed by atoms with Crippen LogP contribution in [-0.2, 0) is 11.3 Å². The van der Waals surface area contributed by atoms with Crippen LogP contribution in [0.5, 0.6) is 0 Å². The lowest BCUT2D eigenvalue weighted by Crippen LogP contribution is -2.45. The van der Waals surface area contributed by atoms with Crippen molar-refractivity contribution >= 4 is 11.6 Å². The van der Waals surface area contributed by atoms with Crippen LogP contribution in [0.3, 0.4) is 0 Å². The number of carbonyl (C=O) groups excluding carboxylic acids is 1. The van der Waals surface area contributed by atoms with Crippen LogP contribution in [0.15, 0.2) is 24.3 Å². The van der Waals surface area contributed by atoms with Gasteiger partial charge in [-0.25, -0.2) is 0 Å². The van der Waals surface area contributed by atoms with Gasteiger partial charge in [0, 0.05) is 31.9 Å². The molecule has 4 nitrogen and oxygen atoms in total. The predicted octanol–water partition coefficient (Wildman–Crippen LogP) is 1.85. The lowest BCUT2D eigenvalue weighted by molar-refractivity contribution is -0.132. The Morgan fingerprint density at radius 1 is 1.33 bits per heavy atom. The number of rotatable bonds is 4. The highest BCUT2D eigenvalue weighted by molar-refractivity contribution is 5.79. The second kappa shape index (κ2) is 6.06. The molecule has 0 aromatic heterocycles. The molecule has 1 heterocycles. The molecule has 1 amide bonds. The molecular weight excluding hydrogens is 262 g/mol. The number of fused-ring (bicyclic) bond motifs is 1. The minimum atomic E-state index is 0.216. The third-order valence-corrected chi connectivity index (χ3v) is 4.54. The van der Waals surface area contributed by atoms with Crippen LogP contribution in [-0.4, -0.2) is 43.5 Å². The lowest BCUT2D eigenvalue weighted by atomic mass is 10.1. The van der Waals surface area contributed by atoms with Gasteiger partial charge in [-0.3, -0.25) is 4.79 Å². The average molecular weight is 287 g/mol. The molecule has 0 spiro atoms. The van der Waals surface area contributed by atoms with Crippen LogP contribution >= 0.6 is 0 Å². The summed E-state index contributed by atoms with van der Waals surface area (Å²) in [5, 5.41) is 3.32. The molecule has 1 saturated carbocycles. The number of nitrogens with one attached hydrogen (secondary N) is 1. The minimum absolute atomic E-state index is 0.216. The molecule has 114 valence electrons. The van der Waals surface area contributed by atoms with Crippen molar-refractivity contribution in [3.63, 3.8) is 0 Å². The van der Waals surface area contributed by atoms with Crippen molar-refractivity contribution in [1.29, 1.82) is 0 Å². The van der Waals surface area contributed by atoms with Gasteiger partial charge in [-0.05, 0) is 43.9 Å². The molecule has 1 fully saturated rings. The first-order valence-corrected chi connectivity index (χ1v) is 7.94. The van der Waals surface area contributed by atoms with E-state index in [2.05, 4.69) is 48.5 Å². The normalized spacial score (nSPS) is 21.9. The molecule has 0 radical (unpaired) electrons. The fraction of sp³-hybridized carbons (Fsp3) is 0.588. The van der Waals surface area contributed by atoms with Crippen molar-refractivity contribution in [3.05, 3.63) is 29.8 Å². The Labute approximate surface area is 127 Å². The summed E-state index contributed by atoms with van der Waals surface area (Å²) in [6.45, 7) is 5.19. The fourth-order valence-electron chi connectivity index (χ4n) is 3.09. The van der Waals surface area contributed by atoms with Crippen molar-refractivity contribution in [1.82, 2.24) is 10.2 Å². The van der Waals surface area contributed by atoms with Gasteiger partial charge >= 0.3 is 0 Å². The van der Waals surface area contributed by atoms with Crippen LogP contribution in [0.1, 0.15) is 25.3 Å². The van der Waals surface area contributed by atoms with Gasteiger partial charge in [0.25, 0.3) is 0 Å². The lowest BCUT2D eigenvalue weighted by Gasteiger charge is -2.28. The van der Waals surface area contributed by atoms with Crippen molar-refractivity contribution in [2.24, 2.45) is 5.92 Å². The fourth-order valence-corrected chi connectivity index (χ4v) is 3.09. The molecule has 21 heavy (non-hydrogen) atoms. The number of carbonyl (C=O) groups is 1. The Hall–Kier alpha value is -1.55. The average Bonchev–Trinajstić information content (AvgIpc) is 3.28. The van der Waals surface area contributed by atoms with Crippen LogP contribution in [0.4, 0.5) is 5.69 Å². The van der Waals surface area contributed by atoms with Crippen molar-refractivity contribution in [2.45, 2.75) is 32.4 Å². The second-order valence-corrected chi connectivity index (χ2v) is 6.45. The van der Waals surface area contributed by atoms with E-state index in [9.17, 15) is 4.79 Å². The minimum Gasteiger partial charge on any atom is -0.372 e. The summed E-state index contributed by atoms with van der Waals surface area (Å²) in [7, 11) is 2.11. The quantitative estimate of drug-likeness (QED) is 0.918. The number of hydrogen-bond acceptors (Lipinski definition) is 3. The van der Waals surface area contributed by atoms with E-state index in [0.29, 0.717) is 13.1 Å². The zero-order chi connectivity index (χ0) is 14.8. The molecular formula is C17H25N3O. The third-order valence-electron chi connectivity index (χ3n) is 4.54. The summed E-state index contributed by atoms with van der Waals surface area (Å²) in [6.07, 6.45) is 2.64. The SMILES string of the molecule is CC1CN(C)c2ccccc2CN1C(=O)CNCC1CC1. The maximum absolute atomic E-state index is 12.5. The molecule has 0 bridgehead atoms. The topological polar surface area (TPSA) is 35.6 Å². The van der Waals surface area contributed by atoms with Gasteiger partial charge in [-0.1, -0.05) is 18.2 Å². The first-order valence-electron chi connectivity index (χ1n) is 7.94. The van der Waals surface area contributed by atoms with Crippen molar-refractivity contribution in [3.8, 4) is 0 Å². The zero-order valence-corrected chi connectivity index (χ0v) is 13.0. The summed E-state index contributed by atoms with van der Waals surface area (Å²) in [4.78, 5) is 16.8. The molecule has 1 aromatic rings. The van der Waals surface area contributed by atoms with Crippen LogP contribution in [0, 0.1) is 5.92 Å². The van der Waals surface area contributed by atoms with E-state index in [4.69, 9.17) is 0 Å². The Balaban J connectivity index is 1.67. The molecule has 1 aliphatic carbocycles. The molecule has 2 aliphatic rings. The maximum atomic E-state index is 12.5. The Morgan fingerprint density at radius 2 is 2.10 bits per heavy atom. The van der Waals surface area contributed by atoms with Gasteiger partial charge < -0.3 is 15.1 Å². The highest BCUT2D eigenvalue weighted by Crippen LogP contribution is 2.28. The summed E-state index contributed by atoms with van der Waals surface area (Å²) in [6, 6.07) is 8.62. The molecule has 3 rings (SSSR count). The Kier molecular flexibility index (Phi) is 4.15. The number of para-hydroxylation sites is 1. The molecule has 1 atom stereocenters. The molecule has 0 saturated heterocycles. The van der Waals surface area contributed by atoms with E-state index in [1.165, 1.54) is 24.1 Å². The first-order chi connectivity index (χ1) is 10.1. The molecule has 1 N–H and O–H groups in total. The highest BCUT2D eigenvalue weighted by Gasteiger charge is 2.27. The van der Waals surface area contributed by atoms with Gasteiger partial charge in [0.15, 0.2) is 0 Å². The maximum Gasteiger partial charge on any atom is 0.237 e. The van der Waals surface area contributed by atoms with Crippen LogP contribution in [0.2, 0.25) is 0 Å². The summed E-state index contributed by atoms with van der Waals surface area (Å²) in [5.74, 6) is 1.03. The number of anilines is 1. The Bertz CT molecular complexity index is 513. The molecule has 1 aliphatic heterocycles. The van der Waals surface area contributed by atoms with E-state index in [1.54, 1.807) is 0 Å². The molecule has 4 heteroatoms. The number of nitrogens with zero attached hydrogens (tertiary/aromatic N) is 2. The summed E-state index contributed by atoms with van der Waals surface area (Å²) < 4.78 is 0. The zero-order valence-electron chi connectivity index (χ0n) is 13.0. The van der Waals surface area contributed by atoms with Crippen molar-refractivity contribution < 1.29 is 4.79 Å². The van der Waals surface area contributed by atoms with Crippen LogP contribution in [0.25, 0.3) is 0 Å². The molecule has 1 unspecified atom stereocenters. The number of hydrogen-bond donors (Lipinski definition) is 1. The largest absolute Gasteiger partial charge is 0.372 e. The summed E-state index contributed by atoms with van der Waals surface area (Å²) in [5.41, 5.74) is 2.48. The van der Waals surface area contributed by atoms with E-state index in [-0.39, 0.29) is 11.9 Å². The van der Waals surface area contributed by atoms with Gasteiger partial charge in [-0.2, -0.15) is 0 Å². The summed E-state index contributed by atoms with van der Waals surface area (Å²) >= 11 is 0. The Morgan fingerprint density at radius 3 is 2.86 bits per heavy atom.